The zero-order valence-corrected chi connectivity index (χ0v) is 11.6. The highest BCUT2D eigenvalue weighted by atomic mass is 16.2. The first-order valence-electron chi connectivity index (χ1n) is 6.17. The maximum absolute atomic E-state index is 12.2. The molecule has 1 unspecified atom stereocenters. The van der Waals surface area contributed by atoms with Gasteiger partial charge in [-0.05, 0) is 38.6 Å². The van der Waals surface area contributed by atoms with Crippen molar-refractivity contribution in [1.29, 1.82) is 0 Å². The van der Waals surface area contributed by atoms with Gasteiger partial charge in [0.1, 0.15) is 0 Å². The van der Waals surface area contributed by atoms with E-state index < -0.39 is 5.54 Å². The van der Waals surface area contributed by atoms with Crippen molar-refractivity contribution < 1.29 is 4.79 Å². The Morgan fingerprint density at radius 2 is 1.81 bits per heavy atom. The number of hydrogen-bond donors (Lipinski definition) is 1. The van der Waals surface area contributed by atoms with Gasteiger partial charge in [0.05, 0.1) is 5.54 Å². The van der Waals surface area contributed by atoms with Crippen molar-refractivity contribution >= 4 is 5.91 Å². The number of nitrogens with zero attached hydrogens (tertiary/aromatic N) is 1. The molecule has 0 saturated carbocycles. The predicted octanol–water partition coefficient (Wildman–Crippen LogP) is 1.88. The van der Waals surface area contributed by atoms with E-state index in [1.165, 1.54) is 0 Å². The van der Waals surface area contributed by atoms with Crippen molar-refractivity contribution in [1.82, 2.24) is 10.2 Å². The van der Waals surface area contributed by atoms with Crippen LogP contribution in [0.2, 0.25) is 0 Å². The summed E-state index contributed by atoms with van der Waals surface area (Å²) in [4.78, 5) is 14.2. The fourth-order valence-corrected chi connectivity index (χ4v) is 2.15. The van der Waals surface area contributed by atoms with Gasteiger partial charge >= 0.3 is 0 Å². The summed E-state index contributed by atoms with van der Waals surface area (Å²) in [6, 6.07) is 0. The molecular formula is C13H26N2O. The zero-order chi connectivity index (χ0) is 12.6. The number of carbonyl (C=O) groups is 1. The van der Waals surface area contributed by atoms with Gasteiger partial charge in [0.15, 0.2) is 0 Å². The summed E-state index contributed by atoms with van der Waals surface area (Å²) in [6.07, 6.45) is 1.13. The minimum Gasteiger partial charge on any atom is -0.341 e. The topological polar surface area (TPSA) is 32.3 Å². The van der Waals surface area contributed by atoms with Crippen LogP contribution >= 0.6 is 0 Å². The van der Waals surface area contributed by atoms with E-state index in [9.17, 15) is 4.79 Å². The lowest BCUT2D eigenvalue weighted by Gasteiger charge is -2.31. The molecule has 1 aliphatic rings. The summed E-state index contributed by atoms with van der Waals surface area (Å²) in [7, 11) is 1.84. The van der Waals surface area contributed by atoms with E-state index in [4.69, 9.17) is 0 Å². The standard InChI is InChI=1S/C13H26N2O/c1-12(2,3)10-7-8-15(9-10)11(16)13(4,5)14-6/h10,14H,7-9H2,1-6H3. The van der Waals surface area contributed by atoms with Gasteiger partial charge in [-0.1, -0.05) is 20.8 Å². The second kappa shape index (κ2) is 4.36. The molecule has 1 heterocycles. The van der Waals surface area contributed by atoms with E-state index in [-0.39, 0.29) is 5.91 Å². The van der Waals surface area contributed by atoms with Crippen molar-refractivity contribution in [3.05, 3.63) is 0 Å². The molecule has 3 nitrogen and oxygen atoms in total. The number of amides is 1. The van der Waals surface area contributed by atoms with Gasteiger partial charge in [0.2, 0.25) is 5.91 Å². The van der Waals surface area contributed by atoms with Gasteiger partial charge in [-0.3, -0.25) is 4.79 Å². The fraction of sp³-hybridized carbons (Fsp3) is 0.923. The monoisotopic (exact) mass is 226 g/mol. The Morgan fingerprint density at radius 3 is 2.19 bits per heavy atom. The predicted molar refractivity (Wildman–Crippen MR) is 67.3 cm³/mol. The van der Waals surface area contributed by atoms with Crippen LogP contribution in [0.4, 0.5) is 0 Å². The molecule has 0 aliphatic carbocycles. The third-order valence-corrected chi connectivity index (χ3v) is 3.86. The number of rotatable bonds is 2. The average Bonchev–Trinajstić information content (AvgIpc) is 2.64. The lowest BCUT2D eigenvalue weighted by Crippen LogP contribution is -2.52. The maximum Gasteiger partial charge on any atom is 0.242 e. The lowest BCUT2D eigenvalue weighted by atomic mass is 9.80. The first-order chi connectivity index (χ1) is 7.18. The second-order valence-electron chi connectivity index (χ2n) is 6.48. The molecular weight excluding hydrogens is 200 g/mol. The van der Waals surface area contributed by atoms with Crippen LogP contribution in [-0.4, -0.2) is 36.5 Å². The lowest BCUT2D eigenvalue weighted by molar-refractivity contribution is -0.136. The molecule has 1 aliphatic heterocycles. The van der Waals surface area contributed by atoms with Crippen LogP contribution in [0.5, 0.6) is 0 Å². The molecule has 94 valence electrons. The summed E-state index contributed by atoms with van der Waals surface area (Å²) in [6.45, 7) is 12.5. The van der Waals surface area contributed by atoms with E-state index in [1.807, 2.05) is 25.8 Å². The highest BCUT2D eigenvalue weighted by Gasteiger charge is 2.38. The summed E-state index contributed by atoms with van der Waals surface area (Å²) in [5.41, 5.74) is -0.133. The van der Waals surface area contributed by atoms with Gasteiger partial charge in [-0.2, -0.15) is 0 Å². The zero-order valence-electron chi connectivity index (χ0n) is 11.6. The number of hydrogen-bond acceptors (Lipinski definition) is 2. The molecule has 0 radical (unpaired) electrons. The maximum atomic E-state index is 12.2. The summed E-state index contributed by atoms with van der Waals surface area (Å²) < 4.78 is 0. The van der Waals surface area contributed by atoms with E-state index in [0.717, 1.165) is 19.5 Å². The molecule has 0 aromatic heterocycles. The Morgan fingerprint density at radius 1 is 1.25 bits per heavy atom. The van der Waals surface area contributed by atoms with Gasteiger partial charge in [0, 0.05) is 13.1 Å². The SMILES string of the molecule is CNC(C)(C)C(=O)N1CCC(C(C)(C)C)C1. The molecule has 1 amide bonds. The summed E-state index contributed by atoms with van der Waals surface area (Å²) >= 11 is 0. The molecule has 0 aromatic rings. The minimum atomic E-state index is -0.438. The van der Waals surface area contributed by atoms with Gasteiger partial charge < -0.3 is 10.2 Å². The van der Waals surface area contributed by atoms with E-state index in [1.54, 1.807) is 0 Å². The second-order valence-corrected chi connectivity index (χ2v) is 6.48. The number of carbonyl (C=O) groups excluding carboxylic acids is 1. The first-order valence-corrected chi connectivity index (χ1v) is 6.17. The molecule has 1 atom stereocenters. The van der Waals surface area contributed by atoms with Crippen LogP contribution in [0.3, 0.4) is 0 Å². The molecule has 1 saturated heterocycles. The number of nitrogens with one attached hydrogen (secondary N) is 1. The first kappa shape index (κ1) is 13.5. The van der Waals surface area contributed by atoms with Gasteiger partial charge in [-0.25, -0.2) is 0 Å². The highest BCUT2D eigenvalue weighted by Crippen LogP contribution is 2.34. The van der Waals surface area contributed by atoms with Crippen molar-refractivity contribution in [2.45, 2.75) is 46.6 Å². The van der Waals surface area contributed by atoms with Crippen LogP contribution < -0.4 is 5.32 Å². The smallest absolute Gasteiger partial charge is 0.242 e. The molecule has 0 bridgehead atoms. The molecule has 3 heteroatoms. The Hall–Kier alpha value is -0.570. The minimum absolute atomic E-state index is 0.224. The Labute approximate surface area is 99.6 Å². The van der Waals surface area contributed by atoms with Crippen LogP contribution in [0.15, 0.2) is 0 Å². The van der Waals surface area contributed by atoms with Crippen LogP contribution in [-0.2, 0) is 4.79 Å². The molecule has 1 fully saturated rings. The summed E-state index contributed by atoms with van der Waals surface area (Å²) in [5.74, 6) is 0.853. The Balaban J connectivity index is 2.64. The van der Waals surface area contributed by atoms with Crippen LogP contribution in [0.1, 0.15) is 41.0 Å². The molecule has 0 spiro atoms. The van der Waals surface area contributed by atoms with E-state index >= 15 is 0 Å². The van der Waals surface area contributed by atoms with E-state index in [2.05, 4.69) is 26.1 Å². The number of likely N-dealkylation sites (tertiary alicyclic amines) is 1. The number of likely N-dealkylation sites (N-methyl/N-ethyl adjacent to an activating group) is 1. The van der Waals surface area contributed by atoms with Crippen molar-refractivity contribution in [2.75, 3.05) is 20.1 Å². The fourth-order valence-electron chi connectivity index (χ4n) is 2.15. The van der Waals surface area contributed by atoms with E-state index in [0.29, 0.717) is 11.3 Å². The molecule has 1 rings (SSSR count). The largest absolute Gasteiger partial charge is 0.341 e. The molecule has 16 heavy (non-hydrogen) atoms. The highest BCUT2D eigenvalue weighted by molar-refractivity contribution is 5.85. The van der Waals surface area contributed by atoms with Crippen molar-refractivity contribution in [2.24, 2.45) is 11.3 Å². The Kier molecular flexibility index (Phi) is 3.68. The molecule has 1 N–H and O–H groups in total. The third kappa shape index (κ3) is 2.76. The normalized spacial score (nSPS) is 22.6. The Bertz CT molecular complexity index is 266. The van der Waals surface area contributed by atoms with Crippen LogP contribution in [0.25, 0.3) is 0 Å². The van der Waals surface area contributed by atoms with Gasteiger partial charge in [-0.15, -0.1) is 0 Å². The average molecular weight is 226 g/mol. The quantitative estimate of drug-likeness (QED) is 0.779. The van der Waals surface area contributed by atoms with Gasteiger partial charge in [0.25, 0.3) is 0 Å². The van der Waals surface area contributed by atoms with Crippen molar-refractivity contribution in [3.63, 3.8) is 0 Å². The third-order valence-electron chi connectivity index (χ3n) is 3.86. The molecule has 0 aromatic carbocycles. The van der Waals surface area contributed by atoms with Crippen molar-refractivity contribution in [3.8, 4) is 0 Å². The van der Waals surface area contributed by atoms with Crippen LogP contribution in [0, 0.1) is 11.3 Å². The summed E-state index contributed by atoms with van der Waals surface area (Å²) in [5, 5.41) is 3.08.